The molecule has 1 amide bonds. The normalized spacial score (nSPS) is 11.5. The molecule has 0 aliphatic rings. The van der Waals surface area contributed by atoms with Crippen LogP contribution in [0.3, 0.4) is 0 Å². The number of para-hydroxylation sites is 2. The predicted molar refractivity (Wildman–Crippen MR) is 109 cm³/mol. The van der Waals surface area contributed by atoms with Gasteiger partial charge in [-0.1, -0.05) is 57.2 Å². The number of amides is 1. The van der Waals surface area contributed by atoms with E-state index in [0.29, 0.717) is 6.54 Å². The minimum atomic E-state index is -0.0203. The maximum atomic E-state index is 11.5. The molecule has 0 aliphatic carbocycles. The number of hydrogen-bond donors (Lipinski definition) is 1. The number of rotatable bonds is 12. The number of imidazole rings is 1. The Morgan fingerprint density at radius 3 is 2.69 bits per heavy atom. The standard InChI is InChI=1S/C22H33N3O/c1-3-5-6-7-8-11-18-25-20-15-10-9-14-19(20)24-21(25)16-12-17-23-22(26)13-4-2/h4,9-10,13-15H,3,5-8,11-12,16-18H2,1-2H3,(H,23,26)/b13-4-. The van der Waals surface area contributed by atoms with Crippen LogP contribution in [0.5, 0.6) is 0 Å². The van der Waals surface area contributed by atoms with Crippen molar-refractivity contribution in [2.75, 3.05) is 6.54 Å². The van der Waals surface area contributed by atoms with Crippen LogP contribution in [-0.4, -0.2) is 22.0 Å². The topological polar surface area (TPSA) is 46.9 Å². The summed E-state index contributed by atoms with van der Waals surface area (Å²) in [6.45, 7) is 5.82. The maximum Gasteiger partial charge on any atom is 0.243 e. The molecule has 0 aliphatic heterocycles. The molecule has 4 nitrogen and oxygen atoms in total. The summed E-state index contributed by atoms with van der Waals surface area (Å²) in [5, 5.41) is 2.92. The van der Waals surface area contributed by atoms with Gasteiger partial charge in [-0.25, -0.2) is 4.98 Å². The van der Waals surface area contributed by atoms with E-state index in [2.05, 4.69) is 35.0 Å². The summed E-state index contributed by atoms with van der Waals surface area (Å²) in [5.74, 6) is 1.12. The van der Waals surface area contributed by atoms with Gasteiger partial charge in [0, 0.05) is 19.5 Å². The van der Waals surface area contributed by atoms with Crippen molar-refractivity contribution in [3.8, 4) is 0 Å². The van der Waals surface area contributed by atoms with E-state index in [1.807, 2.05) is 13.0 Å². The highest BCUT2D eigenvalue weighted by molar-refractivity contribution is 5.87. The van der Waals surface area contributed by atoms with Crippen LogP contribution < -0.4 is 5.32 Å². The molecule has 1 heterocycles. The third kappa shape index (κ3) is 6.32. The minimum Gasteiger partial charge on any atom is -0.353 e. The summed E-state index contributed by atoms with van der Waals surface area (Å²) in [4.78, 5) is 16.3. The van der Waals surface area contributed by atoms with Gasteiger partial charge in [0.2, 0.25) is 5.91 Å². The Morgan fingerprint density at radius 1 is 1.12 bits per heavy atom. The van der Waals surface area contributed by atoms with Crippen molar-refractivity contribution in [2.24, 2.45) is 0 Å². The van der Waals surface area contributed by atoms with E-state index in [1.165, 1.54) is 44.0 Å². The van der Waals surface area contributed by atoms with Crippen molar-refractivity contribution in [1.29, 1.82) is 0 Å². The summed E-state index contributed by atoms with van der Waals surface area (Å²) in [7, 11) is 0. The van der Waals surface area contributed by atoms with E-state index in [9.17, 15) is 4.79 Å². The van der Waals surface area contributed by atoms with Crippen molar-refractivity contribution in [1.82, 2.24) is 14.9 Å². The number of hydrogen-bond acceptors (Lipinski definition) is 2. The summed E-state index contributed by atoms with van der Waals surface area (Å²) in [6, 6.07) is 8.38. The summed E-state index contributed by atoms with van der Waals surface area (Å²) < 4.78 is 2.38. The van der Waals surface area contributed by atoms with E-state index in [-0.39, 0.29) is 5.91 Å². The number of allylic oxidation sites excluding steroid dienone is 1. The molecule has 0 bridgehead atoms. The molecule has 1 N–H and O–H groups in total. The Balaban J connectivity index is 1.91. The summed E-state index contributed by atoms with van der Waals surface area (Å²) in [5.41, 5.74) is 2.31. The second-order valence-corrected chi connectivity index (χ2v) is 6.83. The van der Waals surface area contributed by atoms with Gasteiger partial charge in [0.15, 0.2) is 0 Å². The number of benzene rings is 1. The Hall–Kier alpha value is -2.10. The Kier molecular flexibility index (Phi) is 8.94. The molecule has 2 rings (SSSR count). The molecule has 142 valence electrons. The van der Waals surface area contributed by atoms with Crippen molar-refractivity contribution in [3.05, 3.63) is 42.2 Å². The molecule has 0 unspecified atom stereocenters. The van der Waals surface area contributed by atoms with Gasteiger partial charge >= 0.3 is 0 Å². The first-order chi connectivity index (χ1) is 12.8. The number of aromatic nitrogens is 2. The van der Waals surface area contributed by atoms with Crippen LogP contribution in [0.4, 0.5) is 0 Å². The van der Waals surface area contributed by atoms with Crippen molar-refractivity contribution >= 4 is 16.9 Å². The second-order valence-electron chi connectivity index (χ2n) is 6.83. The second kappa shape index (κ2) is 11.5. The molecule has 0 saturated heterocycles. The van der Waals surface area contributed by atoms with E-state index in [0.717, 1.165) is 30.7 Å². The lowest BCUT2D eigenvalue weighted by Gasteiger charge is -2.09. The molecule has 0 saturated carbocycles. The van der Waals surface area contributed by atoms with E-state index in [1.54, 1.807) is 12.2 Å². The van der Waals surface area contributed by atoms with Gasteiger partial charge in [0.1, 0.15) is 5.82 Å². The fraction of sp³-hybridized carbons (Fsp3) is 0.545. The average Bonchev–Trinajstić information content (AvgIpc) is 2.99. The molecule has 26 heavy (non-hydrogen) atoms. The number of nitrogens with one attached hydrogen (secondary N) is 1. The maximum absolute atomic E-state index is 11.5. The van der Waals surface area contributed by atoms with Gasteiger partial charge in [-0.05, 0) is 38.0 Å². The molecule has 4 heteroatoms. The molecule has 0 fully saturated rings. The first kappa shape index (κ1) is 20.2. The molecule has 2 aromatic rings. The third-order valence-corrected chi connectivity index (χ3v) is 4.66. The van der Waals surface area contributed by atoms with E-state index >= 15 is 0 Å². The quantitative estimate of drug-likeness (QED) is 0.429. The van der Waals surface area contributed by atoms with E-state index < -0.39 is 0 Å². The predicted octanol–water partition coefficient (Wildman–Crippen LogP) is 5.02. The zero-order valence-corrected chi connectivity index (χ0v) is 16.3. The largest absolute Gasteiger partial charge is 0.353 e. The zero-order chi connectivity index (χ0) is 18.6. The van der Waals surface area contributed by atoms with Crippen LogP contribution in [0.25, 0.3) is 11.0 Å². The lowest BCUT2D eigenvalue weighted by atomic mass is 10.1. The van der Waals surface area contributed by atoms with Crippen LogP contribution in [0.15, 0.2) is 36.4 Å². The van der Waals surface area contributed by atoms with Gasteiger partial charge in [-0.3, -0.25) is 4.79 Å². The number of fused-ring (bicyclic) bond motifs is 1. The first-order valence-electron chi connectivity index (χ1n) is 10.1. The number of carbonyl (C=O) groups excluding carboxylic acids is 1. The lowest BCUT2D eigenvalue weighted by molar-refractivity contribution is -0.116. The SMILES string of the molecule is C/C=C\C(=O)NCCCc1nc2ccccc2n1CCCCCCCC. The molecule has 0 radical (unpaired) electrons. The van der Waals surface area contributed by atoms with Gasteiger partial charge in [-0.2, -0.15) is 0 Å². The van der Waals surface area contributed by atoms with Gasteiger partial charge < -0.3 is 9.88 Å². The van der Waals surface area contributed by atoms with Crippen LogP contribution >= 0.6 is 0 Å². The van der Waals surface area contributed by atoms with E-state index in [4.69, 9.17) is 4.98 Å². The number of nitrogens with zero attached hydrogens (tertiary/aromatic N) is 2. The Morgan fingerprint density at radius 2 is 1.88 bits per heavy atom. The molecule has 0 spiro atoms. The Labute approximate surface area is 157 Å². The monoisotopic (exact) mass is 355 g/mol. The van der Waals surface area contributed by atoms with Crippen molar-refractivity contribution in [2.45, 2.75) is 71.8 Å². The molecule has 1 aromatic carbocycles. The van der Waals surface area contributed by atoms with Crippen LogP contribution in [0.1, 0.15) is 64.6 Å². The van der Waals surface area contributed by atoms with Gasteiger partial charge in [0.05, 0.1) is 11.0 Å². The molecular weight excluding hydrogens is 322 g/mol. The van der Waals surface area contributed by atoms with Gasteiger partial charge in [-0.15, -0.1) is 0 Å². The summed E-state index contributed by atoms with van der Waals surface area (Å²) >= 11 is 0. The minimum absolute atomic E-state index is 0.0203. The highest BCUT2D eigenvalue weighted by atomic mass is 16.1. The van der Waals surface area contributed by atoms with Crippen molar-refractivity contribution in [3.63, 3.8) is 0 Å². The highest BCUT2D eigenvalue weighted by Crippen LogP contribution is 2.18. The molecule has 0 atom stereocenters. The fourth-order valence-corrected chi connectivity index (χ4v) is 3.28. The lowest BCUT2D eigenvalue weighted by Crippen LogP contribution is -2.22. The van der Waals surface area contributed by atoms with Crippen molar-refractivity contribution < 1.29 is 4.79 Å². The average molecular weight is 356 g/mol. The molecule has 1 aromatic heterocycles. The van der Waals surface area contributed by atoms with Crippen LogP contribution in [0, 0.1) is 0 Å². The Bertz CT molecular complexity index is 702. The van der Waals surface area contributed by atoms with Crippen LogP contribution in [0.2, 0.25) is 0 Å². The fourth-order valence-electron chi connectivity index (χ4n) is 3.28. The smallest absolute Gasteiger partial charge is 0.243 e. The summed E-state index contributed by atoms with van der Waals surface area (Å²) in [6.07, 6.45) is 12.9. The number of unbranched alkanes of at least 4 members (excludes halogenated alkanes) is 5. The van der Waals surface area contributed by atoms with Gasteiger partial charge in [0.25, 0.3) is 0 Å². The zero-order valence-electron chi connectivity index (χ0n) is 16.3. The van der Waals surface area contributed by atoms with Crippen LogP contribution in [-0.2, 0) is 17.8 Å². The number of carbonyl (C=O) groups is 1. The molecular formula is C22H33N3O. The highest BCUT2D eigenvalue weighted by Gasteiger charge is 2.10. The third-order valence-electron chi connectivity index (χ3n) is 4.66. The first-order valence-corrected chi connectivity index (χ1v) is 10.1. The number of aryl methyl sites for hydroxylation is 2.